The molecule has 5 heteroatoms. The fourth-order valence-electron chi connectivity index (χ4n) is 1.48. The monoisotopic (exact) mass is 296 g/mol. The average molecular weight is 297 g/mol. The van der Waals surface area contributed by atoms with E-state index in [0.717, 1.165) is 16.5 Å². The van der Waals surface area contributed by atoms with E-state index in [4.69, 9.17) is 4.52 Å². The lowest BCUT2D eigenvalue weighted by Gasteiger charge is -2.01. The number of nitrogens with zero attached hydrogens (tertiary/aromatic N) is 2. The Morgan fingerprint density at radius 1 is 1.35 bits per heavy atom. The number of aliphatic hydroxyl groups is 1. The molecule has 1 heterocycles. The summed E-state index contributed by atoms with van der Waals surface area (Å²) in [5.74, 6) is 0.785. The Kier molecular flexibility index (Phi) is 3.91. The molecule has 1 aromatic heterocycles. The maximum absolute atomic E-state index is 9.73. The quantitative estimate of drug-likeness (QED) is 0.940. The van der Waals surface area contributed by atoms with Crippen LogP contribution in [0, 0.1) is 0 Å². The fraction of sp³-hybridized carbons (Fsp3) is 0.333. The predicted molar refractivity (Wildman–Crippen MR) is 67.3 cm³/mol. The molecule has 1 unspecified atom stereocenters. The molecule has 2 aromatic rings. The standard InChI is InChI=1S/C12H13BrN2O2/c1-2-3-10(16)11-14-12(17-15-11)8-4-6-9(13)7-5-8/h4-7,10,16H,2-3H2,1H3. The summed E-state index contributed by atoms with van der Waals surface area (Å²) in [5, 5.41) is 13.5. The van der Waals surface area contributed by atoms with Crippen molar-refractivity contribution in [1.29, 1.82) is 0 Å². The first-order valence-corrected chi connectivity index (χ1v) is 6.27. The van der Waals surface area contributed by atoms with E-state index in [0.29, 0.717) is 18.1 Å². The molecule has 1 atom stereocenters. The Morgan fingerprint density at radius 3 is 2.71 bits per heavy atom. The largest absolute Gasteiger partial charge is 0.385 e. The summed E-state index contributed by atoms with van der Waals surface area (Å²) >= 11 is 3.36. The number of hydrogen-bond acceptors (Lipinski definition) is 4. The normalized spacial score (nSPS) is 12.6. The third-order valence-corrected chi connectivity index (χ3v) is 2.92. The molecule has 0 aliphatic rings. The van der Waals surface area contributed by atoms with Gasteiger partial charge in [0.25, 0.3) is 5.89 Å². The van der Waals surface area contributed by atoms with Gasteiger partial charge < -0.3 is 9.63 Å². The molecule has 0 saturated carbocycles. The van der Waals surface area contributed by atoms with Crippen LogP contribution in [0.3, 0.4) is 0 Å². The number of aliphatic hydroxyl groups excluding tert-OH is 1. The summed E-state index contributed by atoms with van der Waals surface area (Å²) in [4.78, 5) is 4.19. The molecule has 0 radical (unpaired) electrons. The minimum absolute atomic E-state index is 0.352. The molecule has 17 heavy (non-hydrogen) atoms. The van der Waals surface area contributed by atoms with Gasteiger partial charge in [-0.15, -0.1) is 0 Å². The van der Waals surface area contributed by atoms with Crippen LogP contribution in [-0.4, -0.2) is 15.2 Å². The van der Waals surface area contributed by atoms with Gasteiger partial charge in [-0.25, -0.2) is 0 Å². The van der Waals surface area contributed by atoms with E-state index >= 15 is 0 Å². The van der Waals surface area contributed by atoms with Crippen LogP contribution in [-0.2, 0) is 0 Å². The molecule has 0 fully saturated rings. The van der Waals surface area contributed by atoms with Crippen LogP contribution in [0.2, 0.25) is 0 Å². The molecule has 4 nitrogen and oxygen atoms in total. The van der Waals surface area contributed by atoms with Crippen LogP contribution in [0.1, 0.15) is 31.7 Å². The molecular weight excluding hydrogens is 284 g/mol. The van der Waals surface area contributed by atoms with Gasteiger partial charge in [0, 0.05) is 10.0 Å². The first kappa shape index (κ1) is 12.3. The van der Waals surface area contributed by atoms with Gasteiger partial charge in [-0.1, -0.05) is 34.4 Å². The van der Waals surface area contributed by atoms with Gasteiger partial charge in [0.2, 0.25) is 5.82 Å². The van der Waals surface area contributed by atoms with Crippen LogP contribution in [0.25, 0.3) is 11.5 Å². The summed E-state index contributed by atoms with van der Waals surface area (Å²) < 4.78 is 6.11. The molecule has 2 rings (SSSR count). The Morgan fingerprint density at radius 2 is 2.06 bits per heavy atom. The van der Waals surface area contributed by atoms with Gasteiger partial charge in [-0.05, 0) is 30.7 Å². The molecule has 0 bridgehead atoms. The Bertz CT molecular complexity index is 482. The lowest BCUT2D eigenvalue weighted by Crippen LogP contribution is -1.98. The number of rotatable bonds is 4. The van der Waals surface area contributed by atoms with Gasteiger partial charge >= 0.3 is 0 Å². The highest BCUT2D eigenvalue weighted by Gasteiger charge is 2.15. The molecule has 1 N–H and O–H groups in total. The first-order valence-electron chi connectivity index (χ1n) is 5.48. The van der Waals surface area contributed by atoms with Crippen LogP contribution in [0.4, 0.5) is 0 Å². The predicted octanol–water partition coefficient (Wildman–Crippen LogP) is 3.33. The molecule has 0 aliphatic heterocycles. The number of halogens is 1. The maximum atomic E-state index is 9.73. The zero-order chi connectivity index (χ0) is 12.3. The Balaban J connectivity index is 2.20. The summed E-state index contributed by atoms with van der Waals surface area (Å²) in [6.45, 7) is 2.00. The Hall–Kier alpha value is -1.20. The van der Waals surface area contributed by atoms with Crippen molar-refractivity contribution in [3.8, 4) is 11.5 Å². The van der Waals surface area contributed by atoms with Crippen molar-refractivity contribution in [2.24, 2.45) is 0 Å². The van der Waals surface area contributed by atoms with E-state index in [2.05, 4.69) is 26.1 Å². The van der Waals surface area contributed by atoms with Crippen LogP contribution in [0.5, 0.6) is 0 Å². The highest BCUT2D eigenvalue weighted by atomic mass is 79.9. The zero-order valence-corrected chi connectivity index (χ0v) is 11.0. The topological polar surface area (TPSA) is 59.2 Å². The second-order valence-electron chi connectivity index (χ2n) is 3.77. The summed E-state index contributed by atoms with van der Waals surface area (Å²) in [6, 6.07) is 7.57. The lowest BCUT2D eigenvalue weighted by molar-refractivity contribution is 0.153. The SMILES string of the molecule is CCCC(O)c1noc(-c2ccc(Br)cc2)n1. The van der Waals surface area contributed by atoms with Crippen LogP contribution < -0.4 is 0 Å². The number of hydrogen-bond donors (Lipinski definition) is 1. The van der Waals surface area contributed by atoms with Gasteiger partial charge in [0.05, 0.1) is 0 Å². The molecule has 0 saturated heterocycles. The van der Waals surface area contributed by atoms with Crippen molar-refractivity contribution >= 4 is 15.9 Å². The van der Waals surface area contributed by atoms with Crippen molar-refractivity contribution < 1.29 is 9.63 Å². The van der Waals surface area contributed by atoms with Crippen molar-refractivity contribution in [1.82, 2.24) is 10.1 Å². The minimum Gasteiger partial charge on any atom is -0.385 e. The number of aromatic nitrogens is 2. The van der Waals surface area contributed by atoms with Crippen LogP contribution in [0.15, 0.2) is 33.3 Å². The molecule has 0 aliphatic carbocycles. The zero-order valence-electron chi connectivity index (χ0n) is 9.43. The molecular formula is C12H13BrN2O2. The molecule has 0 amide bonds. The molecule has 1 aromatic carbocycles. The molecule has 90 valence electrons. The molecule has 0 spiro atoms. The summed E-state index contributed by atoms with van der Waals surface area (Å²) in [7, 11) is 0. The van der Waals surface area contributed by atoms with Gasteiger partial charge in [0.1, 0.15) is 6.10 Å². The van der Waals surface area contributed by atoms with Crippen molar-refractivity contribution in [2.45, 2.75) is 25.9 Å². The Labute approximate surface area is 108 Å². The second-order valence-corrected chi connectivity index (χ2v) is 4.68. The van der Waals surface area contributed by atoms with E-state index < -0.39 is 6.10 Å². The van der Waals surface area contributed by atoms with E-state index in [9.17, 15) is 5.11 Å². The van der Waals surface area contributed by atoms with Crippen molar-refractivity contribution in [2.75, 3.05) is 0 Å². The van der Waals surface area contributed by atoms with Crippen LogP contribution >= 0.6 is 15.9 Å². The van der Waals surface area contributed by atoms with Gasteiger partial charge in [-0.3, -0.25) is 0 Å². The smallest absolute Gasteiger partial charge is 0.258 e. The first-order chi connectivity index (χ1) is 8.20. The highest BCUT2D eigenvalue weighted by Crippen LogP contribution is 2.22. The average Bonchev–Trinajstić information content (AvgIpc) is 2.80. The van der Waals surface area contributed by atoms with E-state index in [1.54, 1.807) is 0 Å². The number of benzene rings is 1. The summed E-state index contributed by atoms with van der Waals surface area (Å²) in [5.41, 5.74) is 0.843. The minimum atomic E-state index is -0.645. The highest BCUT2D eigenvalue weighted by molar-refractivity contribution is 9.10. The van der Waals surface area contributed by atoms with Gasteiger partial charge in [0.15, 0.2) is 0 Å². The van der Waals surface area contributed by atoms with E-state index in [1.165, 1.54) is 0 Å². The van der Waals surface area contributed by atoms with E-state index in [-0.39, 0.29) is 0 Å². The van der Waals surface area contributed by atoms with Crippen molar-refractivity contribution in [3.63, 3.8) is 0 Å². The third kappa shape index (κ3) is 2.92. The third-order valence-electron chi connectivity index (χ3n) is 2.39. The summed E-state index contributed by atoms with van der Waals surface area (Å²) in [6.07, 6.45) is 0.871. The maximum Gasteiger partial charge on any atom is 0.258 e. The lowest BCUT2D eigenvalue weighted by atomic mass is 10.2. The van der Waals surface area contributed by atoms with Crippen molar-refractivity contribution in [3.05, 3.63) is 34.6 Å². The fourth-order valence-corrected chi connectivity index (χ4v) is 1.75. The van der Waals surface area contributed by atoms with Gasteiger partial charge in [-0.2, -0.15) is 4.98 Å². The second kappa shape index (κ2) is 5.42. The van der Waals surface area contributed by atoms with E-state index in [1.807, 2.05) is 31.2 Å².